The van der Waals surface area contributed by atoms with E-state index in [4.69, 9.17) is 4.74 Å². The van der Waals surface area contributed by atoms with Crippen LogP contribution in [-0.2, 0) is 33.6 Å². The summed E-state index contributed by atoms with van der Waals surface area (Å²) < 4.78 is 4.90. The normalized spacial score (nSPS) is 16.5. The molecule has 24 heavy (non-hydrogen) atoms. The number of nitrogens with zero attached hydrogens (tertiary/aromatic N) is 2. The number of anilines is 1. The molecule has 0 saturated heterocycles. The number of H-pyrrole nitrogens is 1. The number of esters is 1. The maximum atomic E-state index is 12.4. The number of aromatic nitrogens is 3. The minimum Gasteiger partial charge on any atom is -0.466 e. The third-order valence-electron chi connectivity index (χ3n) is 3.95. The van der Waals surface area contributed by atoms with Crippen molar-refractivity contribution in [3.05, 3.63) is 28.3 Å². The van der Waals surface area contributed by atoms with Crippen molar-refractivity contribution in [3.63, 3.8) is 0 Å². The van der Waals surface area contributed by atoms with Gasteiger partial charge in [-0.1, -0.05) is 0 Å². The summed E-state index contributed by atoms with van der Waals surface area (Å²) >= 11 is 1.32. The molecular weight excluding hydrogens is 328 g/mol. The number of hydrogen-bond donors (Lipinski definition) is 2. The van der Waals surface area contributed by atoms with Crippen molar-refractivity contribution in [1.29, 1.82) is 0 Å². The minimum absolute atomic E-state index is 0.0371. The maximum Gasteiger partial charge on any atom is 0.311 e. The van der Waals surface area contributed by atoms with E-state index in [9.17, 15) is 9.59 Å². The second-order valence-electron chi connectivity index (χ2n) is 5.80. The molecule has 1 aliphatic rings. The first-order valence-corrected chi connectivity index (χ1v) is 8.88. The standard InChI is InChI=1S/C16H20N4O3S/c1-3-23-14(21)7-11-8-24-16(19-11)20-15(22)10-4-5-12-13(6-10)18-9(2)17-12/h8,10H,3-7H2,1-2H3,(H,17,18)(H,19,20,22). The van der Waals surface area contributed by atoms with Gasteiger partial charge in [-0.25, -0.2) is 9.97 Å². The zero-order valence-corrected chi connectivity index (χ0v) is 14.5. The molecule has 0 radical (unpaired) electrons. The molecule has 8 heteroatoms. The Bertz CT molecular complexity index is 752. The number of aromatic amines is 1. The fraction of sp³-hybridized carbons (Fsp3) is 0.500. The van der Waals surface area contributed by atoms with E-state index in [2.05, 4.69) is 20.3 Å². The predicted molar refractivity (Wildman–Crippen MR) is 89.9 cm³/mol. The van der Waals surface area contributed by atoms with Crippen LogP contribution in [0.3, 0.4) is 0 Å². The van der Waals surface area contributed by atoms with Crippen molar-refractivity contribution in [2.75, 3.05) is 11.9 Å². The summed E-state index contributed by atoms with van der Waals surface area (Å²) in [7, 11) is 0. The lowest BCUT2D eigenvalue weighted by Crippen LogP contribution is -2.28. The maximum absolute atomic E-state index is 12.4. The number of hydrogen-bond acceptors (Lipinski definition) is 6. The van der Waals surface area contributed by atoms with Gasteiger partial charge in [0, 0.05) is 23.4 Å². The lowest BCUT2D eigenvalue weighted by atomic mass is 9.89. The van der Waals surface area contributed by atoms with E-state index in [0.29, 0.717) is 23.9 Å². The van der Waals surface area contributed by atoms with E-state index in [-0.39, 0.29) is 24.2 Å². The molecule has 2 N–H and O–H groups in total. The third kappa shape index (κ3) is 3.81. The zero-order valence-electron chi connectivity index (χ0n) is 13.7. The van der Waals surface area contributed by atoms with Gasteiger partial charge in [0.2, 0.25) is 5.91 Å². The van der Waals surface area contributed by atoms with Gasteiger partial charge in [0.1, 0.15) is 5.82 Å². The summed E-state index contributed by atoms with van der Waals surface area (Å²) in [6.07, 6.45) is 2.39. The number of ether oxygens (including phenoxy) is 1. The summed E-state index contributed by atoms with van der Waals surface area (Å²) in [6.45, 7) is 4.04. The number of nitrogens with one attached hydrogen (secondary N) is 2. The number of carbonyl (C=O) groups excluding carboxylic acids is 2. The topological polar surface area (TPSA) is 97.0 Å². The first-order valence-electron chi connectivity index (χ1n) is 8.00. The van der Waals surface area contributed by atoms with Crippen molar-refractivity contribution < 1.29 is 14.3 Å². The molecule has 0 aliphatic heterocycles. The minimum atomic E-state index is -0.310. The van der Waals surface area contributed by atoms with E-state index in [1.54, 1.807) is 12.3 Å². The van der Waals surface area contributed by atoms with E-state index >= 15 is 0 Å². The van der Waals surface area contributed by atoms with Gasteiger partial charge >= 0.3 is 5.97 Å². The Balaban J connectivity index is 1.57. The van der Waals surface area contributed by atoms with E-state index < -0.39 is 0 Å². The number of amides is 1. The summed E-state index contributed by atoms with van der Waals surface area (Å²) in [5, 5.41) is 5.14. The van der Waals surface area contributed by atoms with Gasteiger partial charge < -0.3 is 15.0 Å². The highest BCUT2D eigenvalue weighted by molar-refractivity contribution is 7.13. The van der Waals surface area contributed by atoms with Crippen molar-refractivity contribution in [3.8, 4) is 0 Å². The Morgan fingerprint density at radius 3 is 3.08 bits per heavy atom. The number of fused-ring (bicyclic) bond motifs is 1. The van der Waals surface area contributed by atoms with Crippen LogP contribution in [0.2, 0.25) is 0 Å². The van der Waals surface area contributed by atoms with Crippen molar-refractivity contribution in [2.45, 2.75) is 39.5 Å². The van der Waals surface area contributed by atoms with Crippen LogP contribution in [0.5, 0.6) is 0 Å². The van der Waals surface area contributed by atoms with Crippen LogP contribution in [0.1, 0.15) is 36.3 Å². The Labute approximate surface area is 143 Å². The van der Waals surface area contributed by atoms with Gasteiger partial charge in [-0.05, 0) is 26.7 Å². The number of aryl methyl sites for hydroxylation is 2. The lowest BCUT2D eigenvalue weighted by molar-refractivity contribution is -0.142. The van der Waals surface area contributed by atoms with Crippen LogP contribution in [0.25, 0.3) is 0 Å². The summed E-state index contributed by atoms with van der Waals surface area (Å²) in [5.74, 6) is 0.458. The molecule has 0 fully saturated rings. The monoisotopic (exact) mass is 348 g/mol. The van der Waals surface area contributed by atoms with Gasteiger partial charge in [0.15, 0.2) is 5.13 Å². The molecule has 0 bridgehead atoms. The first kappa shape index (κ1) is 16.6. The van der Waals surface area contributed by atoms with Crippen LogP contribution < -0.4 is 5.32 Å². The number of rotatable bonds is 5. The molecular formula is C16H20N4O3S. The quantitative estimate of drug-likeness (QED) is 0.806. The van der Waals surface area contributed by atoms with Gasteiger partial charge in [-0.2, -0.15) is 0 Å². The van der Waals surface area contributed by atoms with E-state index in [1.165, 1.54) is 11.3 Å². The Morgan fingerprint density at radius 2 is 2.29 bits per heavy atom. The van der Waals surface area contributed by atoms with Gasteiger partial charge in [-0.3, -0.25) is 9.59 Å². The molecule has 0 aromatic carbocycles. The third-order valence-corrected chi connectivity index (χ3v) is 4.75. The molecule has 7 nitrogen and oxygen atoms in total. The highest BCUT2D eigenvalue weighted by atomic mass is 32.1. The average molecular weight is 348 g/mol. The number of carbonyl (C=O) groups is 2. The summed E-state index contributed by atoms with van der Waals surface area (Å²) in [5.41, 5.74) is 2.74. The first-order chi connectivity index (χ1) is 11.5. The van der Waals surface area contributed by atoms with Gasteiger partial charge in [-0.15, -0.1) is 11.3 Å². The fourth-order valence-corrected chi connectivity index (χ4v) is 3.57. The SMILES string of the molecule is CCOC(=O)Cc1csc(NC(=O)C2CCc3nc(C)[nH]c3C2)n1. The second kappa shape index (κ2) is 7.12. The van der Waals surface area contributed by atoms with Crippen LogP contribution in [0.4, 0.5) is 5.13 Å². The zero-order chi connectivity index (χ0) is 17.1. The average Bonchev–Trinajstić information content (AvgIpc) is 3.11. The van der Waals surface area contributed by atoms with E-state index in [1.807, 2.05) is 6.92 Å². The van der Waals surface area contributed by atoms with Gasteiger partial charge in [0.05, 0.1) is 24.4 Å². The molecule has 2 aromatic heterocycles. The molecule has 1 unspecified atom stereocenters. The van der Waals surface area contributed by atoms with Crippen molar-refractivity contribution in [2.24, 2.45) is 5.92 Å². The molecule has 0 spiro atoms. The molecule has 128 valence electrons. The molecule has 1 aliphatic carbocycles. The predicted octanol–water partition coefficient (Wildman–Crippen LogP) is 2.02. The van der Waals surface area contributed by atoms with Crippen molar-refractivity contribution in [1.82, 2.24) is 15.0 Å². The lowest BCUT2D eigenvalue weighted by Gasteiger charge is -2.19. The number of thiazole rings is 1. The molecule has 2 heterocycles. The molecule has 3 rings (SSSR count). The van der Waals surface area contributed by atoms with Crippen LogP contribution in [0.15, 0.2) is 5.38 Å². The fourth-order valence-electron chi connectivity index (χ4n) is 2.86. The largest absolute Gasteiger partial charge is 0.466 e. The molecule has 2 aromatic rings. The Kier molecular flexibility index (Phi) is 4.94. The molecule has 0 saturated carbocycles. The van der Waals surface area contributed by atoms with Crippen LogP contribution >= 0.6 is 11.3 Å². The van der Waals surface area contributed by atoms with Crippen molar-refractivity contribution >= 4 is 28.3 Å². The van der Waals surface area contributed by atoms with Crippen LogP contribution in [-0.4, -0.2) is 33.4 Å². The Morgan fingerprint density at radius 1 is 1.46 bits per heavy atom. The highest BCUT2D eigenvalue weighted by Gasteiger charge is 2.27. The smallest absolute Gasteiger partial charge is 0.311 e. The second-order valence-corrected chi connectivity index (χ2v) is 6.66. The highest BCUT2D eigenvalue weighted by Crippen LogP contribution is 2.25. The number of imidazole rings is 1. The molecule has 1 amide bonds. The van der Waals surface area contributed by atoms with E-state index in [0.717, 1.165) is 30.1 Å². The Hall–Kier alpha value is -2.22. The summed E-state index contributed by atoms with van der Waals surface area (Å²) in [6, 6.07) is 0. The summed E-state index contributed by atoms with van der Waals surface area (Å²) in [4.78, 5) is 35.8. The molecule has 1 atom stereocenters. The van der Waals surface area contributed by atoms with Gasteiger partial charge in [0.25, 0.3) is 0 Å². The van der Waals surface area contributed by atoms with Crippen LogP contribution in [0, 0.1) is 12.8 Å².